The van der Waals surface area contributed by atoms with Gasteiger partial charge in [-0.2, -0.15) is 0 Å². The lowest BCUT2D eigenvalue weighted by atomic mass is 9.67. The summed E-state index contributed by atoms with van der Waals surface area (Å²) >= 11 is 0. The summed E-state index contributed by atoms with van der Waals surface area (Å²) in [4.78, 5) is 61.8. The van der Waals surface area contributed by atoms with Gasteiger partial charge in [0, 0.05) is 23.8 Å². The molecule has 0 aromatic carbocycles. The van der Waals surface area contributed by atoms with Crippen molar-refractivity contribution in [1.29, 1.82) is 0 Å². The summed E-state index contributed by atoms with van der Waals surface area (Å²) in [6.07, 6.45) is 4.55. The van der Waals surface area contributed by atoms with Gasteiger partial charge in [0.05, 0.1) is 32.2 Å². The highest BCUT2D eigenvalue weighted by Gasteiger charge is 2.48. The fourth-order valence-corrected chi connectivity index (χ4v) is 3.88. The molecule has 1 aliphatic rings. The highest BCUT2D eigenvalue weighted by molar-refractivity contribution is 6.09. The van der Waals surface area contributed by atoms with Crippen LogP contribution in [0.25, 0.3) is 0 Å². The van der Waals surface area contributed by atoms with E-state index < -0.39 is 34.5 Å². The Morgan fingerprint density at radius 1 is 0.969 bits per heavy atom. The second-order valence-electron chi connectivity index (χ2n) is 9.23. The van der Waals surface area contributed by atoms with E-state index in [1.807, 2.05) is 0 Å². The molecule has 0 heterocycles. The van der Waals surface area contributed by atoms with Gasteiger partial charge in [-0.1, -0.05) is 39.7 Å². The van der Waals surface area contributed by atoms with Crippen LogP contribution in [0.15, 0.2) is 12.7 Å². The lowest BCUT2D eigenvalue weighted by Crippen LogP contribution is -2.44. The Bertz CT molecular complexity index is 718. The number of esters is 3. The molecule has 0 aromatic heterocycles. The third-order valence-corrected chi connectivity index (χ3v) is 5.95. The van der Waals surface area contributed by atoms with E-state index in [2.05, 4.69) is 6.58 Å². The van der Waals surface area contributed by atoms with Crippen LogP contribution >= 0.6 is 0 Å². The summed E-state index contributed by atoms with van der Waals surface area (Å²) in [6.45, 7) is 8.15. The first-order valence-corrected chi connectivity index (χ1v) is 11.0. The molecule has 180 valence electrons. The first-order chi connectivity index (χ1) is 15.0. The van der Waals surface area contributed by atoms with Crippen LogP contribution in [-0.2, 0) is 38.2 Å². The third-order valence-electron chi connectivity index (χ3n) is 5.95. The first-order valence-electron chi connectivity index (χ1n) is 11.0. The van der Waals surface area contributed by atoms with Crippen molar-refractivity contribution >= 4 is 29.5 Å². The molecule has 1 unspecified atom stereocenters. The Balaban J connectivity index is 2.86. The van der Waals surface area contributed by atoms with Gasteiger partial charge in [-0.15, -0.1) is 0 Å². The molecule has 8 heteroatoms. The lowest BCUT2D eigenvalue weighted by Gasteiger charge is -2.34. The molecular weight excluding hydrogens is 416 g/mol. The van der Waals surface area contributed by atoms with E-state index in [-0.39, 0.29) is 44.2 Å². The molecular formula is C24H36O8. The molecule has 0 saturated heterocycles. The molecule has 32 heavy (non-hydrogen) atoms. The van der Waals surface area contributed by atoms with Crippen molar-refractivity contribution in [2.75, 3.05) is 20.3 Å². The number of carbonyl (C=O) groups is 5. The summed E-state index contributed by atoms with van der Waals surface area (Å²) in [5.74, 6) is -2.85. The van der Waals surface area contributed by atoms with E-state index in [9.17, 15) is 24.0 Å². The van der Waals surface area contributed by atoms with Gasteiger partial charge in [0.2, 0.25) is 0 Å². The zero-order chi connectivity index (χ0) is 24.4. The lowest BCUT2D eigenvalue weighted by molar-refractivity contribution is -0.157. The zero-order valence-electron chi connectivity index (χ0n) is 19.7. The molecule has 1 rings (SSSR count). The maximum atomic E-state index is 13.4. The van der Waals surface area contributed by atoms with Crippen molar-refractivity contribution < 1.29 is 38.2 Å². The molecule has 0 aliphatic heterocycles. The largest absolute Gasteiger partial charge is 0.469 e. The SMILES string of the molecule is C=CC(=O)OCC(C)(C)COC(=O)CCC(CC(=O)OC)(C(C)=O)C(=O)C1CCCCC1. The molecule has 1 aliphatic carbocycles. The number of Topliss-reactive ketones (excluding diaryl/α,β-unsaturated/α-hetero) is 2. The summed E-state index contributed by atoms with van der Waals surface area (Å²) in [6, 6.07) is 0. The number of ketones is 2. The molecule has 0 N–H and O–H groups in total. The number of hydrogen-bond donors (Lipinski definition) is 0. The maximum absolute atomic E-state index is 13.4. The summed E-state index contributed by atoms with van der Waals surface area (Å²) < 4.78 is 15.0. The Morgan fingerprint density at radius 3 is 2.09 bits per heavy atom. The highest BCUT2D eigenvalue weighted by Crippen LogP contribution is 2.39. The van der Waals surface area contributed by atoms with Gasteiger partial charge in [-0.25, -0.2) is 4.79 Å². The zero-order valence-corrected chi connectivity index (χ0v) is 19.7. The average molecular weight is 453 g/mol. The van der Waals surface area contributed by atoms with Crippen molar-refractivity contribution in [2.45, 2.75) is 72.1 Å². The van der Waals surface area contributed by atoms with Gasteiger partial charge in [0.1, 0.15) is 11.6 Å². The van der Waals surface area contributed by atoms with Crippen LogP contribution in [0.3, 0.4) is 0 Å². The molecule has 0 bridgehead atoms. The van der Waals surface area contributed by atoms with Gasteiger partial charge in [-0.3, -0.25) is 19.2 Å². The molecule has 8 nitrogen and oxygen atoms in total. The van der Waals surface area contributed by atoms with E-state index in [1.54, 1.807) is 13.8 Å². The van der Waals surface area contributed by atoms with Crippen LogP contribution in [0.4, 0.5) is 0 Å². The predicted molar refractivity (Wildman–Crippen MR) is 116 cm³/mol. The van der Waals surface area contributed by atoms with Crippen LogP contribution in [0, 0.1) is 16.7 Å². The topological polar surface area (TPSA) is 113 Å². The molecule has 0 aromatic rings. The number of hydrogen-bond acceptors (Lipinski definition) is 8. The Hall–Kier alpha value is -2.51. The minimum Gasteiger partial charge on any atom is -0.469 e. The van der Waals surface area contributed by atoms with Crippen LogP contribution in [0.1, 0.15) is 72.1 Å². The summed E-state index contributed by atoms with van der Waals surface area (Å²) in [5, 5.41) is 0. The van der Waals surface area contributed by atoms with Gasteiger partial charge in [0.15, 0.2) is 0 Å². The van der Waals surface area contributed by atoms with Crippen molar-refractivity contribution in [3.8, 4) is 0 Å². The van der Waals surface area contributed by atoms with Crippen molar-refractivity contribution in [3.05, 3.63) is 12.7 Å². The second-order valence-corrected chi connectivity index (χ2v) is 9.23. The van der Waals surface area contributed by atoms with Gasteiger partial charge in [0.25, 0.3) is 0 Å². The molecule has 0 radical (unpaired) electrons. The van der Waals surface area contributed by atoms with Crippen LogP contribution < -0.4 is 0 Å². The Kier molecular flexibility index (Phi) is 10.8. The minimum absolute atomic E-state index is 0.0170. The van der Waals surface area contributed by atoms with Gasteiger partial charge in [-0.05, 0) is 26.2 Å². The second kappa shape index (κ2) is 12.5. The van der Waals surface area contributed by atoms with Crippen molar-refractivity contribution in [1.82, 2.24) is 0 Å². The maximum Gasteiger partial charge on any atom is 0.330 e. The highest BCUT2D eigenvalue weighted by atomic mass is 16.5. The minimum atomic E-state index is -1.59. The smallest absolute Gasteiger partial charge is 0.330 e. The molecule has 1 atom stereocenters. The standard InChI is InChI=1S/C24H36O8/c1-6-19(26)31-15-23(3,4)16-32-20(27)12-13-24(17(2)25,14-21(28)30-5)22(29)18-10-8-7-9-11-18/h6,18H,1,7-16H2,2-5H3. The number of carbonyl (C=O) groups excluding carboxylic acids is 5. The van der Waals surface area contributed by atoms with E-state index in [4.69, 9.17) is 14.2 Å². The number of rotatable bonds is 13. The Morgan fingerprint density at radius 2 is 1.56 bits per heavy atom. The van der Waals surface area contributed by atoms with Crippen LogP contribution in [-0.4, -0.2) is 49.8 Å². The monoisotopic (exact) mass is 452 g/mol. The van der Waals surface area contributed by atoms with E-state index in [1.165, 1.54) is 14.0 Å². The van der Waals surface area contributed by atoms with E-state index in [0.29, 0.717) is 12.8 Å². The number of ether oxygens (including phenoxy) is 3. The third kappa shape index (κ3) is 8.20. The average Bonchev–Trinajstić information content (AvgIpc) is 2.78. The molecule has 0 amide bonds. The van der Waals surface area contributed by atoms with Gasteiger partial charge >= 0.3 is 17.9 Å². The van der Waals surface area contributed by atoms with Crippen LogP contribution in [0.5, 0.6) is 0 Å². The van der Waals surface area contributed by atoms with E-state index >= 15 is 0 Å². The Labute approximate surface area is 190 Å². The summed E-state index contributed by atoms with van der Waals surface area (Å²) in [5.41, 5.74) is -2.22. The van der Waals surface area contributed by atoms with Crippen molar-refractivity contribution in [3.63, 3.8) is 0 Å². The summed E-state index contributed by atoms with van der Waals surface area (Å²) in [7, 11) is 1.20. The van der Waals surface area contributed by atoms with Crippen LogP contribution in [0.2, 0.25) is 0 Å². The van der Waals surface area contributed by atoms with E-state index in [0.717, 1.165) is 25.3 Å². The molecule has 1 saturated carbocycles. The molecule has 0 spiro atoms. The van der Waals surface area contributed by atoms with Crippen molar-refractivity contribution in [2.24, 2.45) is 16.7 Å². The first kappa shape index (κ1) is 27.5. The fraction of sp³-hybridized carbons (Fsp3) is 0.708. The normalized spacial score (nSPS) is 16.4. The predicted octanol–water partition coefficient (Wildman–Crippen LogP) is 3.35. The fourth-order valence-electron chi connectivity index (χ4n) is 3.88. The van der Waals surface area contributed by atoms with Gasteiger partial charge < -0.3 is 14.2 Å². The number of methoxy groups -OCH3 is 1. The quantitative estimate of drug-likeness (QED) is 0.181. The molecule has 1 fully saturated rings.